The molecule has 1 aromatic heterocycles. The van der Waals surface area contributed by atoms with Crippen molar-refractivity contribution in [3.05, 3.63) is 18.2 Å². The van der Waals surface area contributed by atoms with Crippen molar-refractivity contribution >= 4 is 8.80 Å². The summed E-state index contributed by atoms with van der Waals surface area (Å²) in [7, 11) is -2.59. The quantitative estimate of drug-likeness (QED) is 0.404. The van der Waals surface area contributed by atoms with Gasteiger partial charge in [0.2, 0.25) is 0 Å². The number of hydrogen-bond donors (Lipinski definition) is 1. The number of nitrogens with zero attached hydrogens (tertiary/aromatic N) is 2. The van der Waals surface area contributed by atoms with E-state index < -0.39 is 14.9 Å². The van der Waals surface area contributed by atoms with Gasteiger partial charge in [0.15, 0.2) is 0 Å². The molecule has 8 heteroatoms. The summed E-state index contributed by atoms with van der Waals surface area (Å²) in [6.45, 7) is 10.8. The lowest BCUT2D eigenvalue weighted by molar-refractivity contribution is 0.0246. The van der Waals surface area contributed by atoms with Crippen molar-refractivity contribution < 1.29 is 23.1 Å². The molecule has 1 heterocycles. The molecule has 0 saturated carbocycles. The van der Waals surface area contributed by atoms with Gasteiger partial charge >= 0.3 is 8.80 Å². The molecule has 0 bridgehead atoms. The van der Waals surface area contributed by atoms with Crippen LogP contribution in [-0.4, -0.2) is 62.6 Å². The second-order valence-electron chi connectivity index (χ2n) is 5.44. The Hall–Kier alpha value is -0.773. The maximum absolute atomic E-state index is 10.0. The van der Waals surface area contributed by atoms with Crippen molar-refractivity contribution in [3.8, 4) is 0 Å². The van der Waals surface area contributed by atoms with Crippen LogP contribution in [0.3, 0.4) is 0 Å². The Balaban J connectivity index is 2.28. The van der Waals surface area contributed by atoms with Gasteiger partial charge in [-0.3, -0.25) is 0 Å². The van der Waals surface area contributed by atoms with E-state index in [2.05, 4.69) is 4.98 Å². The molecule has 1 N–H and O–H groups in total. The monoisotopic (exact) mass is 360 g/mol. The molecule has 0 aliphatic heterocycles. The smallest absolute Gasteiger partial charge is 0.389 e. The molecule has 0 radical (unpaired) electrons. The van der Waals surface area contributed by atoms with Crippen molar-refractivity contribution in [2.24, 2.45) is 0 Å². The van der Waals surface area contributed by atoms with E-state index in [-0.39, 0.29) is 0 Å². The lowest BCUT2D eigenvalue weighted by Gasteiger charge is -2.28. The molecule has 0 aliphatic rings. The predicted octanol–water partition coefficient (Wildman–Crippen LogP) is 2.01. The fourth-order valence-corrected chi connectivity index (χ4v) is 5.07. The van der Waals surface area contributed by atoms with Crippen molar-refractivity contribution in [2.75, 3.05) is 33.0 Å². The van der Waals surface area contributed by atoms with Gasteiger partial charge in [0.1, 0.15) is 5.82 Å². The number of aliphatic hydroxyl groups excluding tert-OH is 1. The minimum atomic E-state index is -2.59. The molecule has 0 spiro atoms. The minimum Gasteiger partial charge on any atom is -0.389 e. The molecular weight excluding hydrogens is 328 g/mol. The Morgan fingerprint density at radius 3 is 2.29 bits per heavy atom. The molecular formula is C16H32N2O5Si. The van der Waals surface area contributed by atoms with Crippen LogP contribution in [0.4, 0.5) is 0 Å². The summed E-state index contributed by atoms with van der Waals surface area (Å²) in [5, 5.41) is 10.0. The van der Waals surface area contributed by atoms with E-state index in [1.807, 2.05) is 38.5 Å². The van der Waals surface area contributed by atoms with Crippen LogP contribution in [-0.2, 0) is 24.6 Å². The Morgan fingerprint density at radius 2 is 1.79 bits per heavy atom. The summed E-state index contributed by atoms with van der Waals surface area (Å²) < 4.78 is 24.9. The molecule has 1 atom stereocenters. The standard InChI is InChI=1S/C16H32N2O5Si/c1-5-21-24(22-6-2,23-7-3)12-8-11-20-14-16(19)13-18-10-9-17-15(18)4/h9-10,16,19H,5-8,11-14H2,1-4H3. The van der Waals surface area contributed by atoms with Gasteiger partial charge in [-0.25, -0.2) is 4.98 Å². The summed E-state index contributed by atoms with van der Waals surface area (Å²) in [6.07, 6.45) is 3.81. The molecule has 0 aliphatic carbocycles. The molecule has 7 nitrogen and oxygen atoms in total. The third kappa shape index (κ3) is 7.41. The zero-order valence-corrected chi connectivity index (χ0v) is 16.4. The van der Waals surface area contributed by atoms with Crippen molar-refractivity contribution in [1.82, 2.24) is 9.55 Å². The molecule has 0 fully saturated rings. The first kappa shape index (κ1) is 21.3. The zero-order valence-electron chi connectivity index (χ0n) is 15.4. The number of aromatic nitrogens is 2. The van der Waals surface area contributed by atoms with Gasteiger partial charge in [0, 0.05) is 44.9 Å². The summed E-state index contributed by atoms with van der Waals surface area (Å²) in [4.78, 5) is 4.13. The van der Waals surface area contributed by atoms with E-state index in [0.29, 0.717) is 39.6 Å². The van der Waals surface area contributed by atoms with Crippen LogP contribution < -0.4 is 0 Å². The average molecular weight is 361 g/mol. The van der Waals surface area contributed by atoms with Crippen LogP contribution in [0.2, 0.25) is 6.04 Å². The second kappa shape index (κ2) is 11.7. The van der Waals surface area contributed by atoms with Crippen LogP contribution in [0.15, 0.2) is 12.4 Å². The van der Waals surface area contributed by atoms with Crippen LogP contribution in [0.25, 0.3) is 0 Å². The van der Waals surface area contributed by atoms with E-state index in [1.54, 1.807) is 6.20 Å². The normalized spacial score (nSPS) is 13.4. The molecule has 0 saturated heterocycles. The lowest BCUT2D eigenvalue weighted by Crippen LogP contribution is -2.46. The van der Waals surface area contributed by atoms with Crippen LogP contribution in [0, 0.1) is 6.92 Å². The number of hydrogen-bond acceptors (Lipinski definition) is 6. The average Bonchev–Trinajstić information content (AvgIpc) is 2.93. The first-order valence-corrected chi connectivity index (χ1v) is 10.7. The van der Waals surface area contributed by atoms with E-state index in [1.165, 1.54) is 0 Å². The molecule has 1 unspecified atom stereocenters. The zero-order chi connectivity index (χ0) is 17.8. The number of imidazole rings is 1. The van der Waals surface area contributed by atoms with Crippen molar-refractivity contribution in [2.45, 2.75) is 52.8 Å². The summed E-state index contributed by atoms with van der Waals surface area (Å²) >= 11 is 0. The Bertz CT molecular complexity index is 427. The van der Waals surface area contributed by atoms with E-state index in [4.69, 9.17) is 18.0 Å². The van der Waals surface area contributed by atoms with Gasteiger partial charge in [-0.2, -0.15) is 0 Å². The Morgan fingerprint density at radius 1 is 1.17 bits per heavy atom. The van der Waals surface area contributed by atoms with Crippen LogP contribution in [0.1, 0.15) is 33.0 Å². The van der Waals surface area contributed by atoms with Crippen LogP contribution >= 0.6 is 0 Å². The van der Waals surface area contributed by atoms with Gasteiger partial charge in [-0.1, -0.05) is 0 Å². The van der Waals surface area contributed by atoms with Crippen LogP contribution in [0.5, 0.6) is 0 Å². The summed E-state index contributed by atoms with van der Waals surface area (Å²) in [6, 6.07) is 0.721. The third-order valence-electron chi connectivity index (χ3n) is 3.51. The number of aliphatic hydroxyl groups is 1. The molecule has 0 aromatic carbocycles. The highest BCUT2D eigenvalue weighted by Gasteiger charge is 2.39. The topological polar surface area (TPSA) is 75.0 Å². The second-order valence-corrected chi connectivity index (χ2v) is 8.17. The fourth-order valence-electron chi connectivity index (χ4n) is 2.49. The highest BCUT2D eigenvalue weighted by Crippen LogP contribution is 2.18. The predicted molar refractivity (Wildman–Crippen MR) is 93.8 cm³/mol. The summed E-state index contributed by atoms with van der Waals surface area (Å²) in [5.74, 6) is 0.884. The van der Waals surface area contributed by atoms with E-state index >= 15 is 0 Å². The number of aryl methyl sites for hydroxylation is 1. The van der Waals surface area contributed by atoms with Gasteiger partial charge in [-0.05, 0) is 34.1 Å². The Kier molecular flexibility index (Phi) is 10.4. The molecule has 140 valence electrons. The van der Waals surface area contributed by atoms with Crippen molar-refractivity contribution in [1.29, 1.82) is 0 Å². The van der Waals surface area contributed by atoms with Gasteiger partial charge in [0.05, 0.1) is 19.3 Å². The number of ether oxygens (including phenoxy) is 1. The maximum Gasteiger partial charge on any atom is 0.501 e. The number of rotatable bonds is 14. The Labute approximate surface area is 146 Å². The molecule has 0 amide bonds. The van der Waals surface area contributed by atoms with Crippen molar-refractivity contribution in [3.63, 3.8) is 0 Å². The molecule has 1 rings (SSSR count). The first-order valence-electron chi connectivity index (χ1n) is 8.72. The third-order valence-corrected chi connectivity index (χ3v) is 6.66. The van der Waals surface area contributed by atoms with E-state index in [0.717, 1.165) is 18.3 Å². The fraction of sp³-hybridized carbons (Fsp3) is 0.812. The van der Waals surface area contributed by atoms with Gasteiger partial charge < -0.3 is 27.7 Å². The minimum absolute atomic E-state index is 0.296. The molecule has 1 aromatic rings. The highest BCUT2D eigenvalue weighted by atomic mass is 28.4. The molecule has 24 heavy (non-hydrogen) atoms. The first-order chi connectivity index (χ1) is 11.6. The highest BCUT2D eigenvalue weighted by molar-refractivity contribution is 6.60. The lowest BCUT2D eigenvalue weighted by atomic mass is 10.3. The summed E-state index contributed by atoms with van der Waals surface area (Å²) in [5.41, 5.74) is 0. The van der Waals surface area contributed by atoms with Gasteiger partial charge in [-0.15, -0.1) is 0 Å². The van der Waals surface area contributed by atoms with E-state index in [9.17, 15) is 5.11 Å². The van der Waals surface area contributed by atoms with Gasteiger partial charge in [0.25, 0.3) is 0 Å². The SMILES string of the molecule is CCO[Si](CCCOCC(O)Cn1ccnc1C)(OCC)OCC. The largest absolute Gasteiger partial charge is 0.501 e. The maximum atomic E-state index is 10.0.